The van der Waals surface area contributed by atoms with E-state index in [1.54, 1.807) is 18.2 Å². The zero-order valence-corrected chi connectivity index (χ0v) is 17.5. The van der Waals surface area contributed by atoms with Crippen molar-refractivity contribution in [3.05, 3.63) is 75.5 Å². The predicted molar refractivity (Wildman–Crippen MR) is 117 cm³/mol. The van der Waals surface area contributed by atoms with E-state index in [4.69, 9.17) is 37.5 Å². The number of aryl methyl sites for hydroxylation is 1. The number of methoxy groups -OCH3 is 1. The van der Waals surface area contributed by atoms with Gasteiger partial charge in [-0.15, -0.1) is 0 Å². The van der Waals surface area contributed by atoms with Crippen LogP contribution in [0, 0.1) is 6.92 Å². The zero-order valence-electron chi connectivity index (χ0n) is 16.0. The van der Waals surface area contributed by atoms with E-state index in [-0.39, 0.29) is 22.0 Å². The third-order valence-corrected chi connectivity index (χ3v) is 4.92. The number of aromatic carboxylic acids is 1. The van der Waals surface area contributed by atoms with Crippen molar-refractivity contribution >= 4 is 46.8 Å². The molecule has 0 bridgehead atoms. The molecule has 2 aromatic carbocycles. The molecular formula is C22H17Cl2NO5. The first-order chi connectivity index (χ1) is 14.3. The smallest absolute Gasteiger partial charge is 0.335 e. The number of amides is 1. The Bertz CT molecular complexity index is 1150. The number of benzene rings is 2. The van der Waals surface area contributed by atoms with Crippen LogP contribution in [0.25, 0.3) is 17.4 Å². The second-order valence-corrected chi connectivity index (χ2v) is 7.15. The maximum absolute atomic E-state index is 12.3. The molecule has 0 aliphatic heterocycles. The van der Waals surface area contributed by atoms with Crippen LogP contribution in [0.1, 0.15) is 21.7 Å². The number of carboxylic acid groups (broad SMARTS) is 1. The van der Waals surface area contributed by atoms with Crippen molar-refractivity contribution in [3.63, 3.8) is 0 Å². The van der Waals surface area contributed by atoms with Crippen LogP contribution in [0.2, 0.25) is 10.0 Å². The fourth-order valence-corrected chi connectivity index (χ4v) is 3.17. The second-order valence-electron chi connectivity index (χ2n) is 6.33. The van der Waals surface area contributed by atoms with Gasteiger partial charge in [-0.05, 0) is 48.9 Å². The Labute approximate surface area is 182 Å². The van der Waals surface area contributed by atoms with E-state index in [2.05, 4.69) is 5.32 Å². The van der Waals surface area contributed by atoms with Gasteiger partial charge in [-0.1, -0.05) is 35.3 Å². The second kappa shape index (κ2) is 9.07. The van der Waals surface area contributed by atoms with E-state index in [9.17, 15) is 9.59 Å². The Morgan fingerprint density at radius 1 is 1.10 bits per heavy atom. The molecule has 0 spiro atoms. The van der Waals surface area contributed by atoms with Gasteiger partial charge in [0.05, 0.1) is 23.4 Å². The molecule has 0 atom stereocenters. The first kappa shape index (κ1) is 21.5. The molecule has 1 aromatic heterocycles. The molecule has 1 heterocycles. The molecule has 0 saturated heterocycles. The van der Waals surface area contributed by atoms with Crippen molar-refractivity contribution in [1.29, 1.82) is 0 Å². The van der Waals surface area contributed by atoms with Gasteiger partial charge in [0, 0.05) is 16.7 Å². The van der Waals surface area contributed by atoms with Crippen LogP contribution in [0.4, 0.5) is 5.69 Å². The van der Waals surface area contributed by atoms with Crippen LogP contribution >= 0.6 is 23.2 Å². The molecule has 1 amide bonds. The summed E-state index contributed by atoms with van der Waals surface area (Å²) in [4.78, 5) is 23.5. The minimum absolute atomic E-state index is 0.0733. The Morgan fingerprint density at radius 2 is 1.87 bits per heavy atom. The number of rotatable bonds is 6. The van der Waals surface area contributed by atoms with Gasteiger partial charge in [0.1, 0.15) is 11.5 Å². The molecule has 0 saturated carbocycles. The van der Waals surface area contributed by atoms with Gasteiger partial charge < -0.3 is 19.6 Å². The molecule has 3 rings (SSSR count). The lowest BCUT2D eigenvalue weighted by Crippen LogP contribution is -2.10. The minimum Gasteiger partial charge on any atom is -0.493 e. The van der Waals surface area contributed by atoms with E-state index < -0.39 is 11.9 Å². The number of hydrogen-bond donors (Lipinski definition) is 2. The number of ether oxygens (including phenoxy) is 1. The molecule has 30 heavy (non-hydrogen) atoms. The summed E-state index contributed by atoms with van der Waals surface area (Å²) in [7, 11) is 1.37. The molecule has 0 unspecified atom stereocenters. The largest absolute Gasteiger partial charge is 0.493 e. The van der Waals surface area contributed by atoms with E-state index in [0.29, 0.717) is 16.5 Å². The fourth-order valence-electron chi connectivity index (χ4n) is 2.69. The quantitative estimate of drug-likeness (QED) is 0.459. The number of nitrogens with one attached hydrogen (secondary N) is 1. The minimum atomic E-state index is -1.18. The fraction of sp³-hybridized carbons (Fsp3) is 0.0909. The van der Waals surface area contributed by atoms with Crippen molar-refractivity contribution < 1.29 is 23.8 Å². The van der Waals surface area contributed by atoms with Crippen LogP contribution in [0.5, 0.6) is 5.75 Å². The highest BCUT2D eigenvalue weighted by molar-refractivity contribution is 6.33. The Morgan fingerprint density at radius 3 is 2.53 bits per heavy atom. The van der Waals surface area contributed by atoms with E-state index in [1.165, 1.54) is 31.4 Å². The summed E-state index contributed by atoms with van der Waals surface area (Å²) in [5.41, 5.74) is 1.85. The van der Waals surface area contributed by atoms with Gasteiger partial charge >= 0.3 is 5.97 Å². The number of carboxylic acids is 1. The van der Waals surface area contributed by atoms with Crippen molar-refractivity contribution in [3.8, 4) is 17.1 Å². The highest BCUT2D eigenvalue weighted by atomic mass is 35.5. The van der Waals surface area contributed by atoms with Crippen LogP contribution in [0.3, 0.4) is 0 Å². The summed E-state index contributed by atoms with van der Waals surface area (Å²) >= 11 is 12.2. The van der Waals surface area contributed by atoms with Crippen LogP contribution < -0.4 is 10.1 Å². The summed E-state index contributed by atoms with van der Waals surface area (Å²) in [5, 5.41) is 12.4. The highest BCUT2D eigenvalue weighted by Gasteiger charge is 2.15. The van der Waals surface area contributed by atoms with E-state index >= 15 is 0 Å². The third kappa shape index (κ3) is 4.84. The van der Waals surface area contributed by atoms with Gasteiger partial charge in [0.25, 0.3) is 0 Å². The molecule has 6 nitrogen and oxygen atoms in total. The molecule has 0 radical (unpaired) electrons. The molecule has 154 valence electrons. The van der Waals surface area contributed by atoms with Gasteiger partial charge in [-0.3, -0.25) is 4.79 Å². The summed E-state index contributed by atoms with van der Waals surface area (Å²) < 4.78 is 10.9. The Kier molecular flexibility index (Phi) is 6.50. The number of furan rings is 1. The van der Waals surface area contributed by atoms with E-state index in [1.807, 2.05) is 19.1 Å². The number of hydrogen-bond acceptors (Lipinski definition) is 4. The number of carbonyl (C=O) groups excluding carboxylic acids is 1. The predicted octanol–water partition coefficient (Wildman–Crippen LogP) is 5.92. The lowest BCUT2D eigenvalue weighted by molar-refractivity contribution is -0.111. The zero-order chi connectivity index (χ0) is 21.8. The summed E-state index contributed by atoms with van der Waals surface area (Å²) in [6, 6.07) is 11.6. The van der Waals surface area contributed by atoms with Gasteiger partial charge in [0.15, 0.2) is 5.75 Å². The molecule has 0 aliphatic carbocycles. The monoisotopic (exact) mass is 445 g/mol. The average molecular weight is 446 g/mol. The molecular weight excluding hydrogens is 429 g/mol. The molecule has 3 aromatic rings. The first-order valence-corrected chi connectivity index (χ1v) is 9.50. The number of halogens is 2. The third-order valence-electron chi connectivity index (χ3n) is 4.23. The molecule has 0 fully saturated rings. The topological polar surface area (TPSA) is 88.8 Å². The maximum Gasteiger partial charge on any atom is 0.335 e. The molecule has 2 N–H and O–H groups in total. The van der Waals surface area contributed by atoms with Crippen LogP contribution in [0.15, 0.2) is 53.0 Å². The lowest BCUT2D eigenvalue weighted by atomic mass is 10.1. The van der Waals surface area contributed by atoms with Crippen molar-refractivity contribution in [2.75, 3.05) is 12.4 Å². The molecule has 8 heteroatoms. The van der Waals surface area contributed by atoms with Crippen molar-refractivity contribution in [2.45, 2.75) is 6.92 Å². The summed E-state index contributed by atoms with van der Waals surface area (Å²) in [6.45, 7) is 1.91. The standard InChI is InChI=1S/C22H17Cl2NO5/c1-12-3-4-13(9-16(12)23)19-7-5-15(30-19)6-8-20(26)25-18-11-14(22(27)28)10-17(24)21(18)29-2/h3-11H,1-2H3,(H,25,26)(H,27,28)/b8-6+. The first-order valence-electron chi connectivity index (χ1n) is 8.74. The molecule has 0 aliphatic rings. The average Bonchev–Trinajstić information content (AvgIpc) is 3.17. The summed E-state index contributed by atoms with van der Waals surface area (Å²) in [6.07, 6.45) is 2.75. The lowest BCUT2D eigenvalue weighted by Gasteiger charge is -2.11. The maximum atomic E-state index is 12.3. The SMILES string of the molecule is COc1c(Cl)cc(C(=O)O)cc1NC(=O)/C=C/c1ccc(-c2ccc(C)c(Cl)c2)o1. The number of anilines is 1. The summed E-state index contributed by atoms with van der Waals surface area (Å²) in [5.74, 6) is -0.450. The Balaban J connectivity index is 1.76. The van der Waals surface area contributed by atoms with Crippen molar-refractivity contribution in [2.24, 2.45) is 0 Å². The van der Waals surface area contributed by atoms with Crippen LogP contribution in [-0.4, -0.2) is 24.1 Å². The van der Waals surface area contributed by atoms with Crippen molar-refractivity contribution in [1.82, 2.24) is 0 Å². The van der Waals surface area contributed by atoms with E-state index in [0.717, 1.165) is 11.1 Å². The van der Waals surface area contributed by atoms with Gasteiger partial charge in [-0.2, -0.15) is 0 Å². The van der Waals surface area contributed by atoms with Gasteiger partial charge in [-0.25, -0.2) is 4.79 Å². The van der Waals surface area contributed by atoms with Gasteiger partial charge in [0.2, 0.25) is 5.91 Å². The van der Waals surface area contributed by atoms with Crippen LogP contribution in [-0.2, 0) is 4.79 Å². The number of carbonyl (C=O) groups is 2. The normalized spacial score (nSPS) is 10.9. The highest BCUT2D eigenvalue weighted by Crippen LogP contribution is 2.34. The Hall–Kier alpha value is -3.22.